The molecule has 43 heavy (non-hydrogen) atoms. The molecule has 2 aliphatic rings. The van der Waals surface area contributed by atoms with Gasteiger partial charge in [0.05, 0.1) is 19.6 Å². The minimum absolute atomic E-state index is 0.0843. The van der Waals surface area contributed by atoms with Crippen LogP contribution in [0, 0.1) is 5.82 Å². The molecule has 4 N–H and O–H groups in total. The summed E-state index contributed by atoms with van der Waals surface area (Å²) in [6.07, 6.45) is -0.536. The van der Waals surface area contributed by atoms with Gasteiger partial charge < -0.3 is 39.7 Å². The van der Waals surface area contributed by atoms with E-state index in [1.54, 1.807) is 12.1 Å². The lowest BCUT2D eigenvalue weighted by Gasteiger charge is -2.39. The summed E-state index contributed by atoms with van der Waals surface area (Å²) in [5.74, 6) is -3.68. The van der Waals surface area contributed by atoms with Gasteiger partial charge in [0.2, 0.25) is 5.91 Å². The summed E-state index contributed by atoms with van der Waals surface area (Å²) in [5.41, 5.74) is 1.95. The van der Waals surface area contributed by atoms with Crippen LogP contribution in [0.2, 0.25) is 0 Å². The molecule has 0 spiro atoms. The molecule has 236 valence electrons. The second-order valence-corrected chi connectivity index (χ2v) is 11.3. The number of piperidine rings is 1. The van der Waals surface area contributed by atoms with E-state index in [9.17, 15) is 18.8 Å². The van der Waals surface area contributed by atoms with Crippen LogP contribution in [-0.2, 0) is 36.8 Å². The highest BCUT2D eigenvalue weighted by molar-refractivity contribution is 9.10. The van der Waals surface area contributed by atoms with Crippen molar-refractivity contribution < 1.29 is 48.7 Å². The molecule has 2 saturated heterocycles. The van der Waals surface area contributed by atoms with Crippen molar-refractivity contribution in [1.82, 2.24) is 9.80 Å². The molecule has 1 amide bonds. The number of nitrogens with zero attached hydrogens (tertiary/aromatic N) is 2. The third kappa shape index (κ3) is 11.6. The number of carbonyl (C=O) groups excluding carboxylic acids is 1. The Morgan fingerprint density at radius 2 is 1.44 bits per heavy atom. The molecule has 2 heterocycles. The van der Waals surface area contributed by atoms with Gasteiger partial charge in [-0.3, -0.25) is 4.79 Å². The van der Waals surface area contributed by atoms with Gasteiger partial charge in [-0.1, -0.05) is 40.2 Å². The van der Waals surface area contributed by atoms with Gasteiger partial charge in [0.1, 0.15) is 5.82 Å². The molecule has 4 rings (SSSR count). The van der Waals surface area contributed by atoms with E-state index in [4.69, 9.17) is 29.9 Å². The number of aliphatic hydroxyl groups excluding tert-OH is 2. The molecule has 2 unspecified atom stereocenters. The predicted octanol–water partition coefficient (Wildman–Crippen LogP) is 2.65. The maximum atomic E-state index is 13.4. The van der Waals surface area contributed by atoms with Gasteiger partial charge in [-0.25, -0.2) is 14.0 Å². The first-order valence-electron chi connectivity index (χ1n) is 14.1. The van der Waals surface area contributed by atoms with Crippen molar-refractivity contribution in [3.05, 3.63) is 69.9 Å². The normalized spacial score (nSPS) is 17.8. The zero-order valence-electron chi connectivity index (χ0n) is 23.7. The number of likely N-dealkylation sites (tertiary alicyclic amines) is 1. The number of benzene rings is 2. The minimum Gasteiger partial charge on any atom is -0.479 e. The molecular weight excluding hydrogens is 631 g/mol. The van der Waals surface area contributed by atoms with E-state index in [1.807, 2.05) is 29.2 Å². The Bertz CT molecular complexity index is 1150. The molecule has 13 heteroatoms. The smallest absolute Gasteiger partial charge is 0.335 e. The molecule has 2 aromatic rings. The average Bonchev–Trinajstić information content (AvgIpc) is 3.01. The summed E-state index contributed by atoms with van der Waals surface area (Å²) >= 11 is 3.45. The van der Waals surface area contributed by atoms with Crippen LogP contribution in [0.25, 0.3) is 0 Å². The number of halogens is 2. The molecule has 0 bridgehead atoms. The standard InChI is InChI=1S/C26H32BrFN2O3.C4H6O6/c27-22-6-2-20(3-7-22)18-25(31)30(19-21-4-8-23(28)9-5-21)24-10-13-29(14-11-24)15-12-26-32-16-1-17-33-26;5-1(3(7)8)2(6)4(9)10/h2-9,24,26H,1,10-19H2;1-2,5-6H,(H,7,8)(H,9,10). The van der Waals surface area contributed by atoms with Crippen LogP contribution in [-0.4, -0.2) is 105 Å². The highest BCUT2D eigenvalue weighted by Crippen LogP contribution is 2.22. The first-order valence-corrected chi connectivity index (χ1v) is 14.9. The molecular formula is C30H38BrFN2O9. The van der Waals surface area contributed by atoms with Gasteiger partial charge in [-0.05, 0) is 54.7 Å². The predicted molar refractivity (Wildman–Crippen MR) is 156 cm³/mol. The molecule has 0 aromatic heterocycles. The fourth-order valence-corrected chi connectivity index (χ4v) is 5.07. The van der Waals surface area contributed by atoms with E-state index in [-0.39, 0.29) is 24.1 Å². The van der Waals surface area contributed by atoms with Gasteiger partial charge >= 0.3 is 11.9 Å². The van der Waals surface area contributed by atoms with Crippen molar-refractivity contribution in [3.63, 3.8) is 0 Å². The van der Waals surface area contributed by atoms with E-state index < -0.39 is 24.1 Å². The third-order valence-corrected chi connectivity index (χ3v) is 7.76. The van der Waals surface area contributed by atoms with Crippen LogP contribution in [0.1, 0.15) is 36.8 Å². The van der Waals surface area contributed by atoms with E-state index >= 15 is 0 Å². The maximum Gasteiger partial charge on any atom is 0.335 e. The quantitative estimate of drug-likeness (QED) is 0.281. The van der Waals surface area contributed by atoms with Crippen molar-refractivity contribution >= 4 is 33.8 Å². The average molecular weight is 670 g/mol. The van der Waals surface area contributed by atoms with Crippen molar-refractivity contribution in [3.8, 4) is 0 Å². The first-order chi connectivity index (χ1) is 20.5. The third-order valence-electron chi connectivity index (χ3n) is 7.24. The van der Waals surface area contributed by atoms with Crippen LogP contribution in [0.15, 0.2) is 53.0 Å². The summed E-state index contributed by atoms with van der Waals surface area (Å²) in [6.45, 7) is 4.91. The Morgan fingerprint density at radius 3 is 1.98 bits per heavy atom. The zero-order chi connectivity index (χ0) is 31.4. The van der Waals surface area contributed by atoms with Gasteiger partial charge in [-0.15, -0.1) is 0 Å². The maximum absolute atomic E-state index is 13.4. The number of aliphatic hydroxyl groups is 2. The summed E-state index contributed by atoms with van der Waals surface area (Å²) in [4.78, 5) is 37.4. The lowest BCUT2D eigenvalue weighted by Crippen LogP contribution is -2.48. The number of amides is 1. The second kappa shape index (κ2) is 17.4. The van der Waals surface area contributed by atoms with Crippen LogP contribution in [0.3, 0.4) is 0 Å². The summed E-state index contributed by atoms with van der Waals surface area (Å²) in [5, 5.41) is 32.5. The number of carbonyl (C=O) groups is 3. The largest absolute Gasteiger partial charge is 0.479 e. The lowest BCUT2D eigenvalue weighted by atomic mass is 10.0. The SMILES string of the molecule is O=C(Cc1ccc(Br)cc1)N(Cc1ccc(F)cc1)C1CCN(CCC2OCCCO2)CC1.O=C(O)C(O)C(O)C(=O)O. The Morgan fingerprint density at radius 1 is 0.907 bits per heavy atom. The Balaban J connectivity index is 0.000000436. The van der Waals surface area contributed by atoms with Crippen molar-refractivity contribution in [2.24, 2.45) is 0 Å². The molecule has 2 fully saturated rings. The van der Waals surface area contributed by atoms with Gasteiger partial charge in [0.15, 0.2) is 18.5 Å². The summed E-state index contributed by atoms with van der Waals surface area (Å²) in [7, 11) is 0. The van der Waals surface area contributed by atoms with Crippen molar-refractivity contribution in [2.75, 3.05) is 32.8 Å². The fourth-order valence-electron chi connectivity index (χ4n) is 4.80. The second-order valence-electron chi connectivity index (χ2n) is 10.4. The van der Waals surface area contributed by atoms with Crippen molar-refractivity contribution in [2.45, 2.75) is 63.2 Å². The van der Waals surface area contributed by atoms with Gasteiger partial charge in [0.25, 0.3) is 0 Å². The lowest BCUT2D eigenvalue weighted by molar-refractivity contribution is -0.183. The molecule has 2 aliphatic heterocycles. The zero-order valence-corrected chi connectivity index (χ0v) is 25.3. The number of rotatable bonds is 11. The number of hydrogen-bond acceptors (Lipinski definition) is 8. The molecule has 2 aromatic carbocycles. The highest BCUT2D eigenvalue weighted by atomic mass is 79.9. The molecule has 0 aliphatic carbocycles. The topological polar surface area (TPSA) is 157 Å². The minimum atomic E-state index is -2.27. The first kappa shape index (κ1) is 34.5. The van der Waals surface area contributed by atoms with Gasteiger partial charge in [-0.2, -0.15) is 0 Å². The fraction of sp³-hybridized carbons (Fsp3) is 0.500. The number of hydrogen-bond donors (Lipinski definition) is 4. The number of ether oxygens (including phenoxy) is 2. The highest BCUT2D eigenvalue weighted by Gasteiger charge is 2.30. The van der Waals surface area contributed by atoms with E-state index in [2.05, 4.69) is 20.8 Å². The molecule has 2 atom stereocenters. The Hall–Kier alpha value is -2.94. The Labute approximate surface area is 257 Å². The number of carboxylic acids is 2. The Kier molecular flexibility index (Phi) is 14.0. The number of carboxylic acid groups (broad SMARTS) is 2. The van der Waals surface area contributed by atoms with E-state index in [0.717, 1.165) is 74.1 Å². The van der Waals surface area contributed by atoms with E-state index in [1.165, 1.54) is 12.1 Å². The molecule has 0 radical (unpaired) electrons. The van der Waals surface area contributed by atoms with Crippen LogP contribution in [0.5, 0.6) is 0 Å². The van der Waals surface area contributed by atoms with Crippen molar-refractivity contribution in [1.29, 1.82) is 0 Å². The van der Waals surface area contributed by atoms with Crippen LogP contribution >= 0.6 is 15.9 Å². The number of aliphatic carboxylic acids is 2. The van der Waals surface area contributed by atoms with Gasteiger partial charge in [0, 0.05) is 43.1 Å². The van der Waals surface area contributed by atoms with E-state index in [0.29, 0.717) is 13.0 Å². The van der Waals surface area contributed by atoms with Crippen LogP contribution in [0.4, 0.5) is 4.39 Å². The summed E-state index contributed by atoms with van der Waals surface area (Å²) in [6, 6.07) is 14.5. The molecule has 11 nitrogen and oxygen atoms in total. The van der Waals surface area contributed by atoms with Crippen LogP contribution < -0.4 is 0 Å². The molecule has 0 saturated carbocycles. The monoisotopic (exact) mass is 668 g/mol. The summed E-state index contributed by atoms with van der Waals surface area (Å²) < 4.78 is 25.7.